The van der Waals surface area contributed by atoms with Crippen LogP contribution in [0.1, 0.15) is 36.4 Å². The van der Waals surface area contributed by atoms with Gasteiger partial charge in [-0.1, -0.05) is 59.7 Å². The van der Waals surface area contributed by atoms with Gasteiger partial charge in [0.2, 0.25) is 0 Å². The van der Waals surface area contributed by atoms with E-state index in [-0.39, 0.29) is 30.3 Å². The first kappa shape index (κ1) is 35.7. The van der Waals surface area contributed by atoms with Crippen LogP contribution in [0.4, 0.5) is 11.6 Å². The van der Waals surface area contributed by atoms with Crippen LogP contribution in [-0.4, -0.2) is 103 Å². The monoisotopic (exact) mass is 700 g/mol. The van der Waals surface area contributed by atoms with Crippen molar-refractivity contribution in [3.8, 4) is 22.8 Å². The molecule has 0 aliphatic carbocycles. The standard InChI is InChI=1S/2C17H19N5O3.H2O/c2*1-9-2-4-10(5-3-9)16-21-14-15(18)19-8-20-17(14)22(16)13-6-11(24)12(7-23)25-13;/h2*2-5,8,11-13,23-24H,6-7H2,1H3,(H2,18,19,20);1H2/t2*11-,12+,13+;/m00./s1. The van der Waals surface area contributed by atoms with E-state index >= 15 is 0 Å². The molecule has 4 aromatic heterocycles. The molecule has 0 radical (unpaired) electrons. The first-order valence-corrected chi connectivity index (χ1v) is 16.2. The van der Waals surface area contributed by atoms with E-state index in [1.807, 2.05) is 71.5 Å². The molecule has 10 N–H and O–H groups in total. The second-order valence-corrected chi connectivity index (χ2v) is 12.4. The van der Waals surface area contributed by atoms with Gasteiger partial charge >= 0.3 is 0 Å². The molecule has 6 aromatic rings. The highest BCUT2D eigenvalue weighted by atomic mass is 16.5. The number of nitrogen functional groups attached to an aromatic ring is 2. The Bertz CT molecular complexity index is 1970. The van der Waals surface area contributed by atoms with Crippen LogP contribution in [0.3, 0.4) is 0 Å². The maximum Gasteiger partial charge on any atom is 0.168 e. The third kappa shape index (κ3) is 6.71. The molecule has 6 atom stereocenters. The summed E-state index contributed by atoms with van der Waals surface area (Å²) in [6, 6.07) is 15.8. The van der Waals surface area contributed by atoms with Crippen molar-refractivity contribution in [3.05, 3.63) is 72.3 Å². The molecule has 0 unspecified atom stereocenters. The number of nitrogens with zero attached hydrogens (tertiary/aromatic N) is 8. The summed E-state index contributed by atoms with van der Waals surface area (Å²) in [5, 5.41) is 39.0. The van der Waals surface area contributed by atoms with E-state index in [0.29, 0.717) is 46.8 Å². The summed E-state index contributed by atoms with van der Waals surface area (Å²) in [5.41, 5.74) is 18.0. The maximum absolute atomic E-state index is 10.1. The topological polar surface area (TPSA) is 270 Å². The van der Waals surface area contributed by atoms with E-state index in [1.165, 1.54) is 12.7 Å². The minimum atomic E-state index is -0.752. The Morgan fingerprint density at radius 1 is 0.647 bits per heavy atom. The van der Waals surface area contributed by atoms with Gasteiger partial charge < -0.3 is 46.8 Å². The van der Waals surface area contributed by atoms with Crippen molar-refractivity contribution in [2.24, 2.45) is 0 Å². The average Bonchev–Trinajstić information content (AvgIpc) is 3.88. The number of ether oxygens (including phenoxy) is 2. The van der Waals surface area contributed by atoms with Gasteiger partial charge in [-0.25, -0.2) is 29.9 Å². The summed E-state index contributed by atoms with van der Waals surface area (Å²) in [6.45, 7) is 3.53. The molecule has 2 saturated heterocycles. The van der Waals surface area contributed by atoms with Crippen LogP contribution in [0, 0.1) is 13.8 Å². The molecule has 2 fully saturated rings. The molecule has 17 heteroatoms. The Morgan fingerprint density at radius 3 is 1.35 bits per heavy atom. The zero-order chi connectivity index (χ0) is 35.1. The Morgan fingerprint density at radius 2 is 1.02 bits per heavy atom. The van der Waals surface area contributed by atoms with E-state index in [4.69, 9.17) is 20.9 Å². The zero-order valence-corrected chi connectivity index (χ0v) is 27.9. The number of hydrogen-bond acceptors (Lipinski definition) is 14. The lowest BCUT2D eigenvalue weighted by Gasteiger charge is -2.16. The Hall–Kier alpha value is -5.14. The molecule has 2 aliphatic rings. The third-order valence-electron chi connectivity index (χ3n) is 8.97. The molecule has 2 aromatic carbocycles. The van der Waals surface area contributed by atoms with E-state index in [0.717, 1.165) is 22.3 Å². The van der Waals surface area contributed by atoms with Gasteiger partial charge in [0.1, 0.15) is 49.0 Å². The highest BCUT2D eigenvalue weighted by Gasteiger charge is 2.38. The van der Waals surface area contributed by atoms with Crippen molar-refractivity contribution < 1.29 is 35.4 Å². The molecule has 2 aliphatic heterocycles. The van der Waals surface area contributed by atoms with Crippen LogP contribution < -0.4 is 11.5 Å². The fraction of sp³-hybridized carbons (Fsp3) is 0.353. The summed E-state index contributed by atoms with van der Waals surface area (Å²) in [7, 11) is 0. The number of imidazole rings is 2. The molecule has 17 nitrogen and oxygen atoms in total. The lowest BCUT2D eigenvalue weighted by Crippen LogP contribution is -2.24. The quantitative estimate of drug-likeness (QED) is 0.143. The molecule has 0 saturated carbocycles. The van der Waals surface area contributed by atoms with Gasteiger partial charge in [0, 0.05) is 24.0 Å². The predicted octanol–water partition coefficient (Wildman–Crippen LogP) is 1.22. The smallest absolute Gasteiger partial charge is 0.168 e. The van der Waals surface area contributed by atoms with E-state index in [9.17, 15) is 20.4 Å². The van der Waals surface area contributed by atoms with Crippen LogP contribution in [0.2, 0.25) is 0 Å². The number of benzene rings is 2. The van der Waals surface area contributed by atoms with Gasteiger partial charge in [0.05, 0.1) is 25.4 Å². The van der Waals surface area contributed by atoms with Crippen molar-refractivity contribution in [1.29, 1.82) is 0 Å². The molecule has 268 valence electrons. The van der Waals surface area contributed by atoms with E-state index in [1.54, 1.807) is 0 Å². The highest BCUT2D eigenvalue weighted by Crippen LogP contribution is 2.38. The van der Waals surface area contributed by atoms with Crippen molar-refractivity contribution in [2.45, 2.75) is 63.6 Å². The SMILES string of the molecule is Cc1ccc(-c2nc3c(N)ncnc3n2[C@H]2C[C@H](O)[C@@H](CO)O2)cc1.Cc1ccc(-c2nc3c(N)ncnc3n2[C@H]2C[C@H](O)[C@@H](CO)O2)cc1.O. The minimum absolute atomic E-state index is 0. The predicted molar refractivity (Wildman–Crippen MR) is 187 cm³/mol. The largest absolute Gasteiger partial charge is 0.412 e. The van der Waals surface area contributed by atoms with E-state index < -0.39 is 36.9 Å². The van der Waals surface area contributed by atoms with Crippen LogP contribution in [0.25, 0.3) is 45.1 Å². The molecule has 0 spiro atoms. The number of hydrogen-bond donors (Lipinski definition) is 6. The summed E-state index contributed by atoms with van der Waals surface area (Å²) in [5.74, 6) is 1.85. The summed E-state index contributed by atoms with van der Waals surface area (Å²) in [4.78, 5) is 25.9. The molecule has 0 bridgehead atoms. The van der Waals surface area contributed by atoms with Gasteiger partial charge in [0.25, 0.3) is 0 Å². The highest BCUT2D eigenvalue weighted by molar-refractivity contribution is 5.86. The number of aliphatic hydroxyl groups is 4. The van der Waals surface area contributed by atoms with Crippen molar-refractivity contribution in [2.75, 3.05) is 24.7 Å². The number of aryl methyl sites for hydroxylation is 2. The number of anilines is 2. The number of nitrogens with two attached hydrogens (primary N) is 2. The third-order valence-corrected chi connectivity index (χ3v) is 8.97. The second-order valence-electron chi connectivity index (χ2n) is 12.4. The van der Waals surface area contributed by atoms with Crippen LogP contribution in [-0.2, 0) is 9.47 Å². The van der Waals surface area contributed by atoms with Crippen molar-refractivity contribution >= 4 is 34.0 Å². The van der Waals surface area contributed by atoms with Crippen LogP contribution >= 0.6 is 0 Å². The first-order chi connectivity index (χ1) is 24.2. The van der Waals surface area contributed by atoms with Crippen molar-refractivity contribution in [1.82, 2.24) is 39.0 Å². The molecule has 0 amide bonds. The molecular formula is C34H40N10O7. The second kappa shape index (κ2) is 14.6. The first-order valence-electron chi connectivity index (χ1n) is 16.2. The minimum Gasteiger partial charge on any atom is -0.412 e. The van der Waals surface area contributed by atoms with Gasteiger partial charge in [-0.2, -0.15) is 0 Å². The zero-order valence-electron chi connectivity index (χ0n) is 27.9. The average molecular weight is 701 g/mol. The van der Waals surface area contributed by atoms with E-state index in [2.05, 4.69) is 29.9 Å². The van der Waals surface area contributed by atoms with Gasteiger partial charge in [-0.15, -0.1) is 0 Å². The number of fused-ring (bicyclic) bond motifs is 2. The lowest BCUT2D eigenvalue weighted by atomic mass is 10.1. The summed E-state index contributed by atoms with van der Waals surface area (Å²) >= 11 is 0. The Kier molecular flexibility index (Phi) is 10.2. The fourth-order valence-electron chi connectivity index (χ4n) is 6.29. The lowest BCUT2D eigenvalue weighted by molar-refractivity contribution is -0.0426. The molecular weight excluding hydrogens is 660 g/mol. The normalized spacial score (nSPS) is 22.9. The van der Waals surface area contributed by atoms with Gasteiger partial charge in [0.15, 0.2) is 34.0 Å². The summed E-state index contributed by atoms with van der Waals surface area (Å²) < 4.78 is 15.3. The molecule has 51 heavy (non-hydrogen) atoms. The number of aromatic nitrogens is 8. The Labute approximate surface area is 291 Å². The van der Waals surface area contributed by atoms with Gasteiger partial charge in [-0.05, 0) is 13.8 Å². The van der Waals surface area contributed by atoms with Crippen LogP contribution in [0.5, 0.6) is 0 Å². The maximum atomic E-state index is 10.1. The fourth-order valence-corrected chi connectivity index (χ4v) is 6.29. The van der Waals surface area contributed by atoms with Gasteiger partial charge in [-0.3, -0.25) is 9.13 Å². The number of rotatable bonds is 6. The molecule has 8 rings (SSSR count). The summed E-state index contributed by atoms with van der Waals surface area (Å²) in [6.07, 6.45) is -0.341. The molecule has 6 heterocycles. The van der Waals surface area contributed by atoms with Crippen LogP contribution in [0.15, 0.2) is 61.2 Å². The Balaban J connectivity index is 0.000000172. The number of aliphatic hydroxyl groups excluding tert-OH is 4. The van der Waals surface area contributed by atoms with Crippen molar-refractivity contribution in [3.63, 3.8) is 0 Å².